The van der Waals surface area contributed by atoms with Crippen LogP contribution in [-0.2, 0) is 0 Å². The summed E-state index contributed by atoms with van der Waals surface area (Å²) in [6, 6.07) is 9.53. The highest BCUT2D eigenvalue weighted by Crippen LogP contribution is 2.32. The number of nitriles is 1. The van der Waals surface area contributed by atoms with Gasteiger partial charge in [0.15, 0.2) is 0 Å². The Morgan fingerprint density at radius 2 is 2.00 bits per heavy atom. The molecule has 0 saturated heterocycles. The van der Waals surface area contributed by atoms with E-state index in [0.717, 1.165) is 0 Å². The lowest BCUT2D eigenvalue weighted by Crippen LogP contribution is -2.10. The molecule has 1 aromatic carbocycles. The molecule has 1 aromatic heterocycles. The van der Waals surface area contributed by atoms with E-state index in [-0.39, 0.29) is 11.4 Å². The average Bonchev–Trinajstić information content (AvgIpc) is 2.47. The summed E-state index contributed by atoms with van der Waals surface area (Å²) in [6.07, 6.45) is 1.44. The molecule has 0 aliphatic rings. The molecule has 21 heavy (non-hydrogen) atoms. The maximum Gasteiger partial charge on any atom is 0.296 e. The standard InChI is InChI=1S/C14H12N4O3/c1-17(2)13-4-3-11(8-14(13)18(19)20)21-12-5-6-16-10(7-12)9-15/h3-8H,1-2H3. The summed E-state index contributed by atoms with van der Waals surface area (Å²) in [5.41, 5.74) is 0.652. The number of pyridine rings is 1. The largest absolute Gasteiger partial charge is 0.457 e. The van der Waals surface area contributed by atoms with Gasteiger partial charge in [-0.15, -0.1) is 0 Å². The monoisotopic (exact) mass is 284 g/mol. The van der Waals surface area contributed by atoms with Crippen LogP contribution in [-0.4, -0.2) is 24.0 Å². The predicted octanol–water partition coefficient (Wildman–Crippen LogP) is 2.72. The van der Waals surface area contributed by atoms with Gasteiger partial charge >= 0.3 is 0 Å². The molecule has 0 saturated carbocycles. The zero-order valence-corrected chi connectivity index (χ0v) is 11.5. The predicted molar refractivity (Wildman–Crippen MR) is 76.4 cm³/mol. The quantitative estimate of drug-likeness (QED) is 0.633. The first kappa shape index (κ1) is 14.3. The third kappa shape index (κ3) is 3.25. The summed E-state index contributed by atoms with van der Waals surface area (Å²) in [5, 5.41) is 19.9. The van der Waals surface area contributed by atoms with E-state index in [1.165, 1.54) is 18.3 Å². The lowest BCUT2D eigenvalue weighted by Gasteiger charge is -2.13. The summed E-state index contributed by atoms with van der Waals surface area (Å²) in [5.74, 6) is 0.718. The van der Waals surface area contributed by atoms with Crippen molar-refractivity contribution in [1.29, 1.82) is 5.26 Å². The average molecular weight is 284 g/mol. The number of nitro benzene ring substituents is 1. The first-order valence-corrected chi connectivity index (χ1v) is 6.01. The Bertz CT molecular complexity index is 722. The van der Waals surface area contributed by atoms with Crippen molar-refractivity contribution in [3.63, 3.8) is 0 Å². The van der Waals surface area contributed by atoms with Crippen molar-refractivity contribution in [3.05, 3.63) is 52.3 Å². The number of nitro groups is 1. The smallest absolute Gasteiger partial charge is 0.296 e. The van der Waals surface area contributed by atoms with Crippen molar-refractivity contribution in [1.82, 2.24) is 4.98 Å². The van der Waals surface area contributed by atoms with Crippen LogP contribution in [0.15, 0.2) is 36.5 Å². The van der Waals surface area contributed by atoms with Gasteiger partial charge in [-0.3, -0.25) is 10.1 Å². The van der Waals surface area contributed by atoms with Crippen LogP contribution < -0.4 is 9.64 Å². The lowest BCUT2D eigenvalue weighted by atomic mass is 10.2. The van der Waals surface area contributed by atoms with Crippen LogP contribution in [0.1, 0.15) is 5.69 Å². The molecule has 2 rings (SSSR count). The Labute approximate surface area is 121 Å². The number of rotatable bonds is 4. The minimum atomic E-state index is -0.463. The van der Waals surface area contributed by atoms with E-state index < -0.39 is 4.92 Å². The van der Waals surface area contributed by atoms with Crippen LogP contribution in [0, 0.1) is 21.4 Å². The van der Waals surface area contributed by atoms with E-state index >= 15 is 0 Å². The van der Waals surface area contributed by atoms with Gasteiger partial charge in [0.1, 0.15) is 28.9 Å². The van der Waals surface area contributed by atoms with Crippen molar-refractivity contribution in [2.24, 2.45) is 0 Å². The van der Waals surface area contributed by atoms with Gasteiger partial charge in [0.05, 0.1) is 11.0 Å². The van der Waals surface area contributed by atoms with E-state index in [2.05, 4.69) is 4.98 Å². The summed E-state index contributed by atoms with van der Waals surface area (Å²) < 4.78 is 5.53. The van der Waals surface area contributed by atoms with Crippen molar-refractivity contribution in [3.8, 4) is 17.6 Å². The molecule has 0 unspecified atom stereocenters. The molecule has 7 heteroatoms. The molecule has 0 radical (unpaired) electrons. The number of ether oxygens (including phenoxy) is 1. The molecule has 0 N–H and O–H groups in total. The van der Waals surface area contributed by atoms with Crippen LogP contribution >= 0.6 is 0 Å². The summed E-state index contributed by atoms with van der Waals surface area (Å²) in [7, 11) is 3.45. The highest BCUT2D eigenvalue weighted by Gasteiger charge is 2.17. The van der Waals surface area contributed by atoms with E-state index in [9.17, 15) is 10.1 Å². The van der Waals surface area contributed by atoms with Gasteiger partial charge in [-0.2, -0.15) is 5.26 Å². The van der Waals surface area contributed by atoms with Crippen LogP contribution in [0.25, 0.3) is 0 Å². The maximum atomic E-state index is 11.1. The highest BCUT2D eigenvalue weighted by atomic mass is 16.6. The summed E-state index contributed by atoms with van der Waals surface area (Å²) >= 11 is 0. The first-order chi connectivity index (χ1) is 10.0. The first-order valence-electron chi connectivity index (χ1n) is 6.01. The van der Waals surface area contributed by atoms with Gasteiger partial charge in [0, 0.05) is 26.4 Å². The SMILES string of the molecule is CN(C)c1ccc(Oc2ccnc(C#N)c2)cc1[N+](=O)[O-]. The minimum Gasteiger partial charge on any atom is -0.457 e. The van der Waals surface area contributed by atoms with Crippen molar-refractivity contribution < 1.29 is 9.66 Å². The summed E-state index contributed by atoms with van der Waals surface area (Å²) in [4.78, 5) is 16.1. The second kappa shape index (κ2) is 5.88. The van der Waals surface area contributed by atoms with Gasteiger partial charge in [-0.1, -0.05) is 0 Å². The molecule has 0 fully saturated rings. The molecule has 106 valence electrons. The van der Waals surface area contributed by atoms with Crippen LogP contribution in [0.2, 0.25) is 0 Å². The van der Waals surface area contributed by atoms with E-state index in [4.69, 9.17) is 10.00 Å². The zero-order valence-electron chi connectivity index (χ0n) is 11.5. The van der Waals surface area contributed by atoms with E-state index in [1.54, 1.807) is 37.2 Å². The fourth-order valence-corrected chi connectivity index (χ4v) is 1.76. The second-order valence-electron chi connectivity index (χ2n) is 4.39. The van der Waals surface area contributed by atoms with Gasteiger partial charge in [-0.25, -0.2) is 4.98 Å². The van der Waals surface area contributed by atoms with E-state index in [1.807, 2.05) is 6.07 Å². The number of hydrogen-bond donors (Lipinski definition) is 0. The molecule has 0 aliphatic heterocycles. The van der Waals surface area contributed by atoms with Crippen molar-refractivity contribution in [2.75, 3.05) is 19.0 Å². The maximum absolute atomic E-state index is 11.1. The number of benzene rings is 1. The van der Waals surface area contributed by atoms with Crippen LogP contribution in [0.4, 0.5) is 11.4 Å². The fraction of sp³-hybridized carbons (Fsp3) is 0.143. The fourth-order valence-electron chi connectivity index (χ4n) is 1.76. The molecule has 0 amide bonds. The third-order valence-electron chi connectivity index (χ3n) is 2.71. The molecule has 0 atom stereocenters. The third-order valence-corrected chi connectivity index (χ3v) is 2.71. The topological polar surface area (TPSA) is 92.3 Å². The number of anilines is 1. The number of nitrogens with zero attached hydrogens (tertiary/aromatic N) is 4. The number of hydrogen-bond acceptors (Lipinski definition) is 6. The Morgan fingerprint density at radius 3 is 2.62 bits per heavy atom. The molecular formula is C14H12N4O3. The molecule has 7 nitrogen and oxygen atoms in total. The number of aromatic nitrogens is 1. The second-order valence-corrected chi connectivity index (χ2v) is 4.39. The molecule has 2 aromatic rings. The Balaban J connectivity index is 2.35. The molecule has 1 heterocycles. The normalized spacial score (nSPS) is 9.76. The summed E-state index contributed by atoms with van der Waals surface area (Å²) in [6.45, 7) is 0. The van der Waals surface area contributed by atoms with Crippen molar-refractivity contribution in [2.45, 2.75) is 0 Å². The van der Waals surface area contributed by atoms with Crippen molar-refractivity contribution >= 4 is 11.4 Å². The van der Waals surface area contributed by atoms with E-state index in [0.29, 0.717) is 17.2 Å². The molecule has 0 spiro atoms. The van der Waals surface area contributed by atoms with Gasteiger partial charge in [0.2, 0.25) is 0 Å². The molecular weight excluding hydrogens is 272 g/mol. The van der Waals surface area contributed by atoms with Gasteiger partial charge < -0.3 is 9.64 Å². The van der Waals surface area contributed by atoms with Gasteiger partial charge in [0.25, 0.3) is 5.69 Å². The van der Waals surface area contributed by atoms with Crippen LogP contribution in [0.5, 0.6) is 11.5 Å². The Kier molecular flexibility index (Phi) is 4.00. The Morgan fingerprint density at radius 1 is 1.29 bits per heavy atom. The molecule has 0 bridgehead atoms. The lowest BCUT2D eigenvalue weighted by molar-refractivity contribution is -0.384. The Hall–Kier alpha value is -3.14. The van der Waals surface area contributed by atoms with Crippen LogP contribution in [0.3, 0.4) is 0 Å². The molecule has 0 aliphatic carbocycles. The minimum absolute atomic E-state index is 0.0490. The zero-order chi connectivity index (χ0) is 15.4. The highest BCUT2D eigenvalue weighted by molar-refractivity contribution is 5.65. The van der Waals surface area contributed by atoms with Gasteiger partial charge in [-0.05, 0) is 18.2 Å².